The van der Waals surface area contributed by atoms with Gasteiger partial charge in [-0.3, -0.25) is 10.1 Å². The fourth-order valence-corrected chi connectivity index (χ4v) is 1.12. The third-order valence-electron chi connectivity index (χ3n) is 1.97. The van der Waals surface area contributed by atoms with Gasteiger partial charge in [0.2, 0.25) is 0 Å². The van der Waals surface area contributed by atoms with E-state index in [0.717, 1.165) is 11.8 Å². The van der Waals surface area contributed by atoms with Gasteiger partial charge >= 0.3 is 0 Å². The minimum Gasteiger partial charge on any atom is -0.298 e. The summed E-state index contributed by atoms with van der Waals surface area (Å²) < 4.78 is 0. The van der Waals surface area contributed by atoms with Gasteiger partial charge in [-0.2, -0.15) is 5.26 Å². The van der Waals surface area contributed by atoms with Crippen molar-refractivity contribution in [2.75, 3.05) is 0 Å². The zero-order valence-corrected chi connectivity index (χ0v) is 8.03. The number of nitrogens with zero attached hydrogens (tertiary/aromatic N) is 1. The molecule has 0 aliphatic carbocycles. The van der Waals surface area contributed by atoms with Crippen LogP contribution in [0.25, 0.3) is 0 Å². The van der Waals surface area contributed by atoms with E-state index in [1.54, 1.807) is 13.0 Å². The molecule has 1 atom stereocenters. The lowest BCUT2D eigenvalue weighted by atomic mass is 10.1. The number of hydrogen-bond acceptors (Lipinski definition) is 3. The van der Waals surface area contributed by atoms with E-state index >= 15 is 0 Å². The largest absolute Gasteiger partial charge is 0.298 e. The first-order chi connectivity index (χ1) is 6.77. The molecule has 1 aromatic carbocycles. The molecule has 0 aliphatic rings. The molecule has 1 aromatic rings. The molecule has 3 heteroatoms. The van der Waals surface area contributed by atoms with Crippen molar-refractivity contribution in [1.29, 1.82) is 5.26 Å². The highest BCUT2D eigenvalue weighted by molar-refractivity contribution is 5.77. The molecular formula is C11H12N2O. The smallest absolute Gasteiger partial charge is 0.150 e. The maximum Gasteiger partial charge on any atom is 0.150 e. The number of benzene rings is 1. The molecule has 0 saturated heterocycles. The Labute approximate surface area is 83.4 Å². The molecule has 0 spiro atoms. The van der Waals surface area contributed by atoms with Crippen molar-refractivity contribution in [3.8, 4) is 6.07 Å². The third-order valence-corrected chi connectivity index (χ3v) is 1.97. The second kappa shape index (κ2) is 5.15. The first-order valence-corrected chi connectivity index (χ1v) is 4.44. The van der Waals surface area contributed by atoms with Gasteiger partial charge in [-0.05, 0) is 12.5 Å². The maximum absolute atomic E-state index is 10.6. The van der Waals surface area contributed by atoms with Crippen molar-refractivity contribution >= 4 is 6.29 Å². The van der Waals surface area contributed by atoms with E-state index in [9.17, 15) is 4.79 Å². The standard InChI is InChI=1S/C11H12N2O/c1-9(6-12)13-7-10-4-2-3-5-11(10)8-14/h2-5,8-9,13H,7H2,1H3. The summed E-state index contributed by atoms with van der Waals surface area (Å²) in [4.78, 5) is 10.6. The van der Waals surface area contributed by atoms with E-state index in [1.807, 2.05) is 18.2 Å². The van der Waals surface area contributed by atoms with Gasteiger partial charge < -0.3 is 0 Å². The maximum atomic E-state index is 10.6. The molecule has 0 radical (unpaired) electrons. The fraction of sp³-hybridized carbons (Fsp3) is 0.273. The predicted molar refractivity (Wildman–Crippen MR) is 53.7 cm³/mol. The van der Waals surface area contributed by atoms with Crippen molar-refractivity contribution < 1.29 is 4.79 Å². The average Bonchev–Trinajstić information content (AvgIpc) is 2.26. The molecule has 0 amide bonds. The Hall–Kier alpha value is -1.66. The normalized spacial score (nSPS) is 11.7. The van der Waals surface area contributed by atoms with Gasteiger partial charge in [-0.1, -0.05) is 24.3 Å². The van der Waals surface area contributed by atoms with Gasteiger partial charge in [0.05, 0.1) is 12.1 Å². The van der Waals surface area contributed by atoms with Crippen LogP contribution in [0, 0.1) is 11.3 Å². The number of carbonyl (C=O) groups excluding carboxylic acids is 1. The monoisotopic (exact) mass is 188 g/mol. The second-order valence-electron chi connectivity index (χ2n) is 3.05. The molecular weight excluding hydrogens is 176 g/mol. The Morgan fingerprint density at radius 2 is 2.29 bits per heavy atom. The number of rotatable bonds is 4. The van der Waals surface area contributed by atoms with E-state index in [1.165, 1.54) is 0 Å². The summed E-state index contributed by atoms with van der Waals surface area (Å²) in [6, 6.07) is 9.21. The van der Waals surface area contributed by atoms with Gasteiger partial charge in [0.25, 0.3) is 0 Å². The summed E-state index contributed by atoms with van der Waals surface area (Å²) in [6.45, 7) is 2.33. The van der Waals surface area contributed by atoms with Crippen molar-refractivity contribution in [2.24, 2.45) is 0 Å². The predicted octanol–water partition coefficient (Wildman–Crippen LogP) is 1.50. The average molecular weight is 188 g/mol. The van der Waals surface area contributed by atoms with Crippen LogP contribution in [0.5, 0.6) is 0 Å². The zero-order valence-electron chi connectivity index (χ0n) is 8.03. The number of nitriles is 1. The van der Waals surface area contributed by atoms with Crippen LogP contribution >= 0.6 is 0 Å². The summed E-state index contributed by atoms with van der Waals surface area (Å²) in [7, 11) is 0. The number of hydrogen-bond donors (Lipinski definition) is 1. The molecule has 0 heterocycles. The van der Waals surface area contributed by atoms with Gasteiger partial charge in [-0.25, -0.2) is 0 Å². The minimum atomic E-state index is -0.199. The molecule has 0 fully saturated rings. The van der Waals surface area contributed by atoms with Crippen LogP contribution < -0.4 is 5.32 Å². The first-order valence-electron chi connectivity index (χ1n) is 4.44. The SMILES string of the molecule is CC(C#N)NCc1ccccc1C=O. The van der Waals surface area contributed by atoms with Crippen molar-refractivity contribution in [1.82, 2.24) is 5.32 Å². The van der Waals surface area contributed by atoms with Gasteiger partial charge in [0.1, 0.15) is 6.29 Å². The summed E-state index contributed by atoms with van der Waals surface area (Å²) in [5, 5.41) is 11.6. The molecule has 0 bridgehead atoms. The van der Waals surface area contributed by atoms with E-state index in [0.29, 0.717) is 12.1 Å². The summed E-state index contributed by atoms with van der Waals surface area (Å²) in [5.41, 5.74) is 1.59. The van der Waals surface area contributed by atoms with Crippen LogP contribution in [-0.4, -0.2) is 12.3 Å². The molecule has 1 unspecified atom stereocenters. The molecule has 14 heavy (non-hydrogen) atoms. The lowest BCUT2D eigenvalue weighted by Crippen LogP contribution is -2.24. The molecule has 0 aromatic heterocycles. The summed E-state index contributed by atoms with van der Waals surface area (Å²) in [5.74, 6) is 0. The van der Waals surface area contributed by atoms with Crippen molar-refractivity contribution in [2.45, 2.75) is 19.5 Å². The number of carbonyl (C=O) groups is 1. The van der Waals surface area contributed by atoms with E-state index in [4.69, 9.17) is 5.26 Å². The van der Waals surface area contributed by atoms with Gasteiger partial charge in [0, 0.05) is 12.1 Å². The first kappa shape index (κ1) is 10.4. The van der Waals surface area contributed by atoms with Crippen LogP contribution in [0.2, 0.25) is 0 Å². The Morgan fingerprint density at radius 1 is 1.57 bits per heavy atom. The van der Waals surface area contributed by atoms with E-state index < -0.39 is 0 Å². The summed E-state index contributed by atoms with van der Waals surface area (Å²) in [6.07, 6.45) is 0.827. The molecule has 0 aliphatic heterocycles. The topological polar surface area (TPSA) is 52.9 Å². The fourth-order valence-electron chi connectivity index (χ4n) is 1.12. The van der Waals surface area contributed by atoms with E-state index in [-0.39, 0.29) is 6.04 Å². The number of aldehydes is 1. The Balaban J connectivity index is 2.67. The van der Waals surface area contributed by atoms with Crippen LogP contribution in [0.4, 0.5) is 0 Å². The van der Waals surface area contributed by atoms with Crippen molar-refractivity contribution in [3.63, 3.8) is 0 Å². The van der Waals surface area contributed by atoms with Crippen LogP contribution in [0.3, 0.4) is 0 Å². The quantitative estimate of drug-likeness (QED) is 0.728. The third kappa shape index (κ3) is 2.68. The second-order valence-corrected chi connectivity index (χ2v) is 3.05. The lowest BCUT2D eigenvalue weighted by molar-refractivity contribution is 0.112. The zero-order chi connectivity index (χ0) is 10.4. The van der Waals surface area contributed by atoms with Crippen molar-refractivity contribution in [3.05, 3.63) is 35.4 Å². The summed E-state index contributed by atoms with van der Waals surface area (Å²) >= 11 is 0. The number of nitrogens with one attached hydrogen (secondary N) is 1. The highest BCUT2D eigenvalue weighted by Gasteiger charge is 2.02. The highest BCUT2D eigenvalue weighted by Crippen LogP contribution is 2.05. The van der Waals surface area contributed by atoms with Crippen LogP contribution in [-0.2, 0) is 6.54 Å². The Morgan fingerprint density at radius 3 is 2.93 bits per heavy atom. The molecule has 1 N–H and O–H groups in total. The highest BCUT2D eigenvalue weighted by atomic mass is 16.1. The van der Waals surface area contributed by atoms with E-state index in [2.05, 4.69) is 11.4 Å². The van der Waals surface area contributed by atoms with Gasteiger partial charge in [0.15, 0.2) is 0 Å². The van der Waals surface area contributed by atoms with Crippen LogP contribution in [0.1, 0.15) is 22.8 Å². The minimum absolute atomic E-state index is 0.199. The molecule has 3 nitrogen and oxygen atoms in total. The molecule has 0 saturated carbocycles. The Bertz CT molecular complexity index is 355. The van der Waals surface area contributed by atoms with Gasteiger partial charge in [-0.15, -0.1) is 0 Å². The van der Waals surface area contributed by atoms with Crippen LogP contribution in [0.15, 0.2) is 24.3 Å². The molecule has 1 rings (SSSR count). The Kier molecular flexibility index (Phi) is 3.84. The molecule has 72 valence electrons. The lowest BCUT2D eigenvalue weighted by Gasteiger charge is -2.07.